The Kier molecular flexibility index (Phi) is 3.54. The molecule has 0 aromatic heterocycles. The van der Waals surface area contributed by atoms with Crippen molar-refractivity contribution in [3.8, 4) is 0 Å². The van der Waals surface area contributed by atoms with E-state index in [2.05, 4.69) is 13.8 Å². The molecule has 0 amide bonds. The van der Waals surface area contributed by atoms with Crippen LogP contribution in [0.3, 0.4) is 0 Å². The van der Waals surface area contributed by atoms with E-state index < -0.39 is 11.7 Å². The molecular formula is C15H28O3. The predicted molar refractivity (Wildman–Crippen MR) is 71.0 cm³/mol. The summed E-state index contributed by atoms with van der Waals surface area (Å²) in [4.78, 5) is 0. The highest BCUT2D eigenvalue weighted by Crippen LogP contribution is 2.55. The average Bonchev–Trinajstić information content (AvgIpc) is 2.22. The molecule has 18 heavy (non-hydrogen) atoms. The Morgan fingerprint density at radius 2 is 1.72 bits per heavy atom. The van der Waals surface area contributed by atoms with Crippen molar-refractivity contribution in [2.24, 2.45) is 23.2 Å². The first-order valence-electron chi connectivity index (χ1n) is 7.26. The second kappa shape index (κ2) is 4.46. The average molecular weight is 256 g/mol. The van der Waals surface area contributed by atoms with Gasteiger partial charge in [0.25, 0.3) is 0 Å². The van der Waals surface area contributed by atoms with Gasteiger partial charge in [-0.1, -0.05) is 13.8 Å². The minimum absolute atomic E-state index is 0.0803. The van der Waals surface area contributed by atoms with Crippen molar-refractivity contribution in [3.05, 3.63) is 0 Å². The molecular weight excluding hydrogens is 228 g/mol. The van der Waals surface area contributed by atoms with Crippen LogP contribution in [0, 0.1) is 23.2 Å². The maximum Gasteiger partial charge on any atom is 0.0644 e. The van der Waals surface area contributed by atoms with Crippen LogP contribution in [0.2, 0.25) is 0 Å². The lowest BCUT2D eigenvalue weighted by Crippen LogP contribution is -2.59. The van der Waals surface area contributed by atoms with Gasteiger partial charge in [0.2, 0.25) is 0 Å². The predicted octanol–water partition coefficient (Wildman–Crippen LogP) is 1.94. The van der Waals surface area contributed by atoms with Crippen LogP contribution in [-0.2, 0) is 0 Å². The summed E-state index contributed by atoms with van der Waals surface area (Å²) in [5.41, 5.74) is -1.03. The Morgan fingerprint density at radius 1 is 1.11 bits per heavy atom. The van der Waals surface area contributed by atoms with Crippen LogP contribution in [0.5, 0.6) is 0 Å². The standard InChI is InChI=1S/C15H28O3/c1-9-5-6-11(16)15(4)8-7-10(14(2,3)18)13(17)12(9)15/h9-13,16-18H,5-8H2,1-4H3/t9-,10+,11+,12+,13-,15-/m0/s1. The first-order valence-corrected chi connectivity index (χ1v) is 7.26. The molecule has 0 radical (unpaired) electrons. The Hall–Kier alpha value is -0.120. The maximum atomic E-state index is 10.7. The summed E-state index contributed by atoms with van der Waals surface area (Å²) in [6, 6.07) is 0. The monoisotopic (exact) mass is 256 g/mol. The van der Waals surface area contributed by atoms with Crippen molar-refractivity contribution < 1.29 is 15.3 Å². The molecule has 0 unspecified atom stereocenters. The van der Waals surface area contributed by atoms with Crippen molar-refractivity contribution in [2.75, 3.05) is 0 Å². The third-order valence-corrected chi connectivity index (χ3v) is 5.71. The van der Waals surface area contributed by atoms with Gasteiger partial charge in [-0.3, -0.25) is 0 Å². The zero-order valence-corrected chi connectivity index (χ0v) is 12.1. The molecule has 2 aliphatic carbocycles. The van der Waals surface area contributed by atoms with Crippen LogP contribution < -0.4 is 0 Å². The molecule has 106 valence electrons. The molecule has 2 saturated carbocycles. The Labute approximate surface area is 110 Å². The van der Waals surface area contributed by atoms with E-state index in [1.807, 2.05) is 0 Å². The minimum Gasteiger partial charge on any atom is -0.393 e. The molecule has 3 N–H and O–H groups in total. The van der Waals surface area contributed by atoms with E-state index in [1.54, 1.807) is 13.8 Å². The molecule has 0 aliphatic heterocycles. The van der Waals surface area contributed by atoms with E-state index >= 15 is 0 Å². The Morgan fingerprint density at radius 3 is 2.28 bits per heavy atom. The fourth-order valence-electron chi connectivity index (χ4n) is 4.52. The molecule has 2 rings (SSSR count). The smallest absolute Gasteiger partial charge is 0.0644 e. The molecule has 2 fully saturated rings. The topological polar surface area (TPSA) is 60.7 Å². The van der Waals surface area contributed by atoms with Crippen molar-refractivity contribution >= 4 is 0 Å². The summed E-state index contributed by atoms with van der Waals surface area (Å²) in [6.07, 6.45) is 2.69. The third-order valence-electron chi connectivity index (χ3n) is 5.71. The van der Waals surface area contributed by atoms with E-state index in [0.29, 0.717) is 5.92 Å². The summed E-state index contributed by atoms with van der Waals surface area (Å²) in [7, 11) is 0. The van der Waals surface area contributed by atoms with E-state index in [0.717, 1.165) is 25.7 Å². The highest BCUT2D eigenvalue weighted by atomic mass is 16.3. The number of hydrogen-bond donors (Lipinski definition) is 3. The van der Waals surface area contributed by atoms with Crippen LogP contribution in [-0.4, -0.2) is 33.1 Å². The Balaban J connectivity index is 2.29. The van der Waals surface area contributed by atoms with Gasteiger partial charge in [-0.25, -0.2) is 0 Å². The van der Waals surface area contributed by atoms with E-state index in [4.69, 9.17) is 0 Å². The van der Waals surface area contributed by atoms with E-state index in [9.17, 15) is 15.3 Å². The van der Waals surface area contributed by atoms with Crippen LogP contribution in [0.4, 0.5) is 0 Å². The summed E-state index contributed by atoms with van der Waals surface area (Å²) in [5.74, 6) is 0.438. The van der Waals surface area contributed by atoms with Gasteiger partial charge in [-0.05, 0) is 56.8 Å². The molecule has 0 bridgehead atoms. The largest absolute Gasteiger partial charge is 0.393 e. The first kappa shape index (κ1) is 14.3. The molecule has 0 saturated heterocycles. The lowest BCUT2D eigenvalue weighted by Gasteiger charge is -2.57. The molecule has 0 heterocycles. The number of fused-ring (bicyclic) bond motifs is 1. The van der Waals surface area contributed by atoms with Crippen LogP contribution in [0.15, 0.2) is 0 Å². The zero-order valence-electron chi connectivity index (χ0n) is 12.1. The van der Waals surface area contributed by atoms with E-state index in [1.165, 1.54) is 0 Å². The fourth-order valence-corrected chi connectivity index (χ4v) is 4.52. The SMILES string of the molecule is C[C@H]1CC[C@@H](O)[C@]2(C)CC[C@@H](C(C)(C)O)[C@H](O)[C@@H]12. The lowest BCUT2D eigenvalue weighted by molar-refractivity contribution is -0.184. The minimum atomic E-state index is -0.844. The zero-order chi connectivity index (χ0) is 13.7. The van der Waals surface area contributed by atoms with E-state index in [-0.39, 0.29) is 23.4 Å². The van der Waals surface area contributed by atoms with Gasteiger partial charge in [0.05, 0.1) is 17.8 Å². The molecule has 3 nitrogen and oxygen atoms in total. The van der Waals surface area contributed by atoms with Crippen LogP contribution in [0.1, 0.15) is 53.4 Å². The second-order valence-corrected chi connectivity index (χ2v) is 7.39. The number of aliphatic hydroxyl groups is 3. The lowest BCUT2D eigenvalue weighted by atomic mass is 9.51. The van der Waals surface area contributed by atoms with Gasteiger partial charge in [-0.15, -0.1) is 0 Å². The normalized spacial score (nSPS) is 49.8. The highest BCUT2D eigenvalue weighted by Gasteiger charge is 2.55. The second-order valence-electron chi connectivity index (χ2n) is 7.39. The summed E-state index contributed by atoms with van der Waals surface area (Å²) in [6.45, 7) is 7.85. The first-order chi connectivity index (χ1) is 8.18. The van der Waals surface area contributed by atoms with Gasteiger partial charge in [0.1, 0.15) is 0 Å². The molecule has 3 heteroatoms. The van der Waals surface area contributed by atoms with Crippen molar-refractivity contribution in [1.82, 2.24) is 0 Å². The van der Waals surface area contributed by atoms with Crippen LogP contribution in [0.25, 0.3) is 0 Å². The van der Waals surface area contributed by atoms with Crippen molar-refractivity contribution in [2.45, 2.75) is 71.2 Å². The van der Waals surface area contributed by atoms with Crippen molar-refractivity contribution in [3.63, 3.8) is 0 Å². The molecule has 0 aromatic rings. The van der Waals surface area contributed by atoms with Gasteiger partial charge >= 0.3 is 0 Å². The summed E-state index contributed by atoms with van der Waals surface area (Å²) >= 11 is 0. The Bertz CT molecular complexity index is 309. The molecule has 2 aliphatic rings. The van der Waals surface area contributed by atoms with Crippen LogP contribution >= 0.6 is 0 Å². The van der Waals surface area contributed by atoms with Gasteiger partial charge in [0.15, 0.2) is 0 Å². The maximum absolute atomic E-state index is 10.7. The number of rotatable bonds is 1. The number of aliphatic hydroxyl groups excluding tert-OH is 2. The van der Waals surface area contributed by atoms with Gasteiger partial charge in [-0.2, -0.15) is 0 Å². The molecule has 0 spiro atoms. The summed E-state index contributed by atoms with van der Waals surface area (Å²) < 4.78 is 0. The molecule has 6 atom stereocenters. The van der Waals surface area contributed by atoms with Gasteiger partial charge in [0, 0.05) is 5.92 Å². The highest BCUT2D eigenvalue weighted by molar-refractivity contribution is 5.05. The fraction of sp³-hybridized carbons (Fsp3) is 1.00. The van der Waals surface area contributed by atoms with Crippen molar-refractivity contribution in [1.29, 1.82) is 0 Å². The van der Waals surface area contributed by atoms with Gasteiger partial charge < -0.3 is 15.3 Å². The number of hydrogen-bond acceptors (Lipinski definition) is 3. The molecule has 0 aromatic carbocycles. The quantitative estimate of drug-likeness (QED) is 0.672. The summed E-state index contributed by atoms with van der Waals surface area (Å²) in [5, 5.41) is 31.2. The third kappa shape index (κ3) is 2.10.